The third kappa shape index (κ3) is 6.48. The van der Waals surface area contributed by atoms with E-state index in [0.29, 0.717) is 11.5 Å². The average molecular weight is 214 g/mol. The van der Waals surface area contributed by atoms with E-state index in [-0.39, 0.29) is 18.6 Å². The van der Waals surface area contributed by atoms with Gasteiger partial charge in [-0.05, 0) is 11.8 Å². The van der Waals surface area contributed by atoms with Crippen LogP contribution in [-0.2, 0) is 14.3 Å². The zero-order valence-electron chi connectivity index (χ0n) is 8.16. The van der Waals surface area contributed by atoms with Gasteiger partial charge in [-0.3, -0.25) is 9.59 Å². The molecule has 0 spiro atoms. The highest BCUT2D eigenvalue weighted by Gasteiger charge is 2.10. The fourth-order valence-corrected chi connectivity index (χ4v) is 1.11. The summed E-state index contributed by atoms with van der Waals surface area (Å²) >= 11 is 4.04. The molecule has 0 heterocycles. The highest BCUT2D eigenvalue weighted by molar-refractivity contribution is 7.84. The maximum Gasteiger partial charge on any atom is 0.313 e. The number of carbonyl (C=O) groups excluding carboxylic acids is 2. The fraction of sp³-hybridized carbons (Fsp3) is 0.400. The molecule has 0 aliphatic heterocycles. The molecule has 0 aromatic rings. The highest BCUT2D eigenvalue weighted by atomic mass is 32.1. The number of esters is 1. The van der Waals surface area contributed by atoms with Crippen LogP contribution in [0.2, 0.25) is 0 Å². The van der Waals surface area contributed by atoms with Gasteiger partial charge in [-0.15, -0.1) is 12.6 Å². The number of carbonyl (C=O) groups is 2. The summed E-state index contributed by atoms with van der Waals surface area (Å²) in [5, 5.41) is 0. The third-order valence-electron chi connectivity index (χ3n) is 1.34. The maximum atomic E-state index is 11.2. The van der Waals surface area contributed by atoms with Crippen LogP contribution in [0.3, 0.4) is 0 Å². The van der Waals surface area contributed by atoms with Crippen molar-refractivity contribution in [1.29, 1.82) is 0 Å². The molecule has 0 fully saturated rings. The van der Waals surface area contributed by atoms with E-state index in [1.54, 1.807) is 19.1 Å². The second kappa shape index (κ2) is 7.38. The molecule has 0 aliphatic rings. The molecule has 0 unspecified atom stereocenters. The standard InChI is InChI=1S/C10H14O3S/c1-3-5-9(14)6-8(11)7-10(12)13-4-2/h3,5,14H,1,4,6-7H2,2H3/b9-5-. The van der Waals surface area contributed by atoms with Gasteiger partial charge in [0.05, 0.1) is 6.61 Å². The summed E-state index contributed by atoms with van der Waals surface area (Å²) in [6.45, 7) is 5.46. The summed E-state index contributed by atoms with van der Waals surface area (Å²) in [6, 6.07) is 0. The predicted molar refractivity (Wildman–Crippen MR) is 58.1 cm³/mol. The Hall–Kier alpha value is -1.03. The smallest absolute Gasteiger partial charge is 0.313 e. The summed E-state index contributed by atoms with van der Waals surface area (Å²) in [6.07, 6.45) is 3.11. The Labute approximate surface area is 89.2 Å². The lowest BCUT2D eigenvalue weighted by Crippen LogP contribution is -2.10. The number of hydrogen-bond donors (Lipinski definition) is 1. The van der Waals surface area contributed by atoms with Gasteiger partial charge < -0.3 is 4.74 Å². The van der Waals surface area contributed by atoms with Gasteiger partial charge >= 0.3 is 5.97 Å². The number of ether oxygens (including phenoxy) is 1. The summed E-state index contributed by atoms with van der Waals surface area (Å²) in [4.78, 5) is 22.7. The summed E-state index contributed by atoms with van der Waals surface area (Å²) in [5.74, 6) is -0.691. The number of allylic oxidation sites excluding steroid dienone is 3. The van der Waals surface area contributed by atoms with Crippen LogP contribution in [0.5, 0.6) is 0 Å². The zero-order chi connectivity index (χ0) is 11.0. The van der Waals surface area contributed by atoms with Crippen molar-refractivity contribution in [2.24, 2.45) is 0 Å². The van der Waals surface area contributed by atoms with E-state index in [4.69, 9.17) is 0 Å². The van der Waals surface area contributed by atoms with Gasteiger partial charge in [0, 0.05) is 6.42 Å². The topological polar surface area (TPSA) is 43.4 Å². The van der Waals surface area contributed by atoms with Crippen molar-refractivity contribution in [1.82, 2.24) is 0 Å². The minimum absolute atomic E-state index is 0.147. The molecule has 0 saturated carbocycles. The monoisotopic (exact) mass is 214 g/mol. The zero-order valence-corrected chi connectivity index (χ0v) is 9.05. The Morgan fingerprint density at radius 3 is 2.57 bits per heavy atom. The van der Waals surface area contributed by atoms with Crippen molar-refractivity contribution in [3.8, 4) is 0 Å². The van der Waals surface area contributed by atoms with Crippen LogP contribution in [0.4, 0.5) is 0 Å². The minimum atomic E-state index is -0.489. The molecule has 0 aromatic carbocycles. The number of rotatable bonds is 6. The van der Waals surface area contributed by atoms with E-state index < -0.39 is 5.97 Å². The molecule has 0 rings (SSSR count). The van der Waals surface area contributed by atoms with Gasteiger partial charge in [0.2, 0.25) is 0 Å². The molecule has 0 saturated heterocycles. The predicted octanol–water partition coefficient (Wildman–Crippen LogP) is 1.90. The van der Waals surface area contributed by atoms with Crippen LogP contribution in [0, 0.1) is 0 Å². The van der Waals surface area contributed by atoms with E-state index in [1.807, 2.05) is 0 Å². The van der Waals surface area contributed by atoms with Gasteiger partial charge in [-0.25, -0.2) is 0 Å². The Morgan fingerprint density at radius 1 is 1.43 bits per heavy atom. The van der Waals surface area contributed by atoms with Gasteiger partial charge in [0.15, 0.2) is 0 Å². The van der Waals surface area contributed by atoms with Crippen molar-refractivity contribution in [3.63, 3.8) is 0 Å². The normalized spacial score (nSPS) is 10.9. The lowest BCUT2D eigenvalue weighted by Gasteiger charge is -2.00. The van der Waals surface area contributed by atoms with Crippen LogP contribution >= 0.6 is 12.6 Å². The molecule has 14 heavy (non-hydrogen) atoms. The molecule has 0 N–H and O–H groups in total. The second-order valence-electron chi connectivity index (χ2n) is 2.59. The first-order valence-electron chi connectivity index (χ1n) is 4.28. The van der Waals surface area contributed by atoms with Crippen LogP contribution in [0.25, 0.3) is 0 Å². The summed E-state index contributed by atoms with van der Waals surface area (Å²) in [7, 11) is 0. The van der Waals surface area contributed by atoms with Crippen LogP contribution in [0.1, 0.15) is 19.8 Å². The van der Waals surface area contributed by atoms with E-state index >= 15 is 0 Å². The molecule has 0 atom stereocenters. The molecule has 78 valence electrons. The van der Waals surface area contributed by atoms with E-state index in [0.717, 1.165) is 0 Å². The second-order valence-corrected chi connectivity index (χ2v) is 3.17. The maximum absolute atomic E-state index is 11.2. The van der Waals surface area contributed by atoms with Crippen LogP contribution < -0.4 is 0 Å². The molecule has 0 radical (unpaired) electrons. The fourth-order valence-electron chi connectivity index (χ4n) is 0.832. The van der Waals surface area contributed by atoms with Gasteiger partial charge in [-0.1, -0.05) is 18.7 Å². The molecule has 4 heteroatoms. The first-order valence-corrected chi connectivity index (χ1v) is 4.72. The summed E-state index contributed by atoms with van der Waals surface area (Å²) in [5.41, 5.74) is 0. The molecule has 0 aliphatic carbocycles. The highest BCUT2D eigenvalue weighted by Crippen LogP contribution is 2.08. The number of ketones is 1. The molecule has 3 nitrogen and oxygen atoms in total. The SMILES string of the molecule is C=C/C=C(\S)CC(=O)CC(=O)OCC. The quantitative estimate of drug-likeness (QED) is 0.318. The number of hydrogen-bond acceptors (Lipinski definition) is 4. The van der Waals surface area contributed by atoms with E-state index in [1.165, 1.54) is 0 Å². The molecule has 0 amide bonds. The van der Waals surface area contributed by atoms with Gasteiger partial charge in [0.25, 0.3) is 0 Å². The van der Waals surface area contributed by atoms with E-state index in [9.17, 15) is 9.59 Å². The summed E-state index contributed by atoms with van der Waals surface area (Å²) < 4.78 is 4.63. The first-order chi connectivity index (χ1) is 6.60. The molecule has 0 bridgehead atoms. The Kier molecular flexibility index (Phi) is 6.84. The Balaban J connectivity index is 3.92. The number of Topliss-reactive ketones (excluding diaryl/α,β-unsaturated/α-hetero) is 1. The molecular formula is C10H14O3S. The van der Waals surface area contributed by atoms with Crippen LogP contribution in [-0.4, -0.2) is 18.4 Å². The van der Waals surface area contributed by atoms with Crippen molar-refractivity contribution in [3.05, 3.63) is 23.6 Å². The van der Waals surface area contributed by atoms with Crippen molar-refractivity contribution >= 4 is 24.4 Å². The van der Waals surface area contributed by atoms with E-state index in [2.05, 4.69) is 23.9 Å². The lowest BCUT2D eigenvalue weighted by molar-refractivity contribution is -0.145. The average Bonchev–Trinajstić information content (AvgIpc) is 2.03. The first kappa shape index (κ1) is 13.0. The van der Waals surface area contributed by atoms with Crippen LogP contribution in [0.15, 0.2) is 23.6 Å². The van der Waals surface area contributed by atoms with Gasteiger partial charge in [0.1, 0.15) is 12.2 Å². The lowest BCUT2D eigenvalue weighted by atomic mass is 10.2. The van der Waals surface area contributed by atoms with Crippen molar-refractivity contribution in [2.45, 2.75) is 19.8 Å². The van der Waals surface area contributed by atoms with Crippen molar-refractivity contribution < 1.29 is 14.3 Å². The molecular weight excluding hydrogens is 200 g/mol. The third-order valence-corrected chi connectivity index (χ3v) is 1.64. The Bertz CT molecular complexity index is 256. The number of thiol groups is 1. The largest absolute Gasteiger partial charge is 0.466 e. The minimum Gasteiger partial charge on any atom is -0.466 e. The van der Waals surface area contributed by atoms with Gasteiger partial charge in [-0.2, -0.15) is 0 Å². The van der Waals surface area contributed by atoms with Crippen molar-refractivity contribution in [2.75, 3.05) is 6.61 Å². The Morgan fingerprint density at radius 2 is 2.07 bits per heavy atom. The molecule has 0 aromatic heterocycles.